The van der Waals surface area contributed by atoms with E-state index in [4.69, 9.17) is 5.11 Å². The molecule has 7 heteroatoms. The SMILES string of the molecule is Cc1cccc([N+](=O)[O-])c1N1CC(O)CC1C(=O)O. The number of aryl methyl sites for hydroxylation is 1. The van der Waals surface area contributed by atoms with E-state index in [1.807, 2.05) is 0 Å². The Kier molecular flexibility index (Phi) is 3.39. The first-order valence-corrected chi connectivity index (χ1v) is 5.83. The van der Waals surface area contributed by atoms with Gasteiger partial charge in [0.05, 0.1) is 11.0 Å². The van der Waals surface area contributed by atoms with Gasteiger partial charge in [-0.3, -0.25) is 10.1 Å². The number of carboxylic acid groups (broad SMARTS) is 1. The van der Waals surface area contributed by atoms with Gasteiger partial charge in [0.15, 0.2) is 0 Å². The van der Waals surface area contributed by atoms with E-state index in [1.54, 1.807) is 19.1 Å². The fourth-order valence-electron chi connectivity index (χ4n) is 2.46. The maximum absolute atomic E-state index is 11.2. The number of nitro groups is 1. The third-order valence-corrected chi connectivity index (χ3v) is 3.26. The number of aliphatic carboxylic acids is 1. The molecular formula is C12H14N2O5. The molecule has 2 rings (SSSR count). The van der Waals surface area contributed by atoms with Crippen molar-refractivity contribution in [1.82, 2.24) is 0 Å². The Hall–Kier alpha value is -2.15. The molecular weight excluding hydrogens is 252 g/mol. The Bertz CT molecular complexity index is 531. The van der Waals surface area contributed by atoms with Gasteiger partial charge >= 0.3 is 5.97 Å². The van der Waals surface area contributed by atoms with Crippen LogP contribution in [-0.2, 0) is 4.79 Å². The van der Waals surface area contributed by atoms with Crippen LogP contribution in [-0.4, -0.2) is 39.8 Å². The van der Waals surface area contributed by atoms with Crippen molar-refractivity contribution in [1.29, 1.82) is 0 Å². The van der Waals surface area contributed by atoms with Crippen molar-refractivity contribution in [2.75, 3.05) is 11.4 Å². The lowest BCUT2D eigenvalue weighted by Gasteiger charge is -2.24. The van der Waals surface area contributed by atoms with Crippen LogP contribution in [0, 0.1) is 17.0 Å². The van der Waals surface area contributed by atoms with Gasteiger partial charge in [-0.2, -0.15) is 0 Å². The molecule has 0 bridgehead atoms. The number of aliphatic hydroxyl groups excluding tert-OH is 1. The molecule has 1 aromatic carbocycles. The van der Waals surface area contributed by atoms with Crippen molar-refractivity contribution in [2.24, 2.45) is 0 Å². The molecule has 0 saturated carbocycles. The number of nitro benzene ring substituents is 1. The summed E-state index contributed by atoms with van der Waals surface area (Å²) in [5.41, 5.74) is 0.756. The Morgan fingerprint density at radius 1 is 1.53 bits per heavy atom. The number of benzene rings is 1. The Labute approximate surface area is 109 Å². The van der Waals surface area contributed by atoms with Crippen LogP contribution >= 0.6 is 0 Å². The highest BCUT2D eigenvalue weighted by molar-refractivity contribution is 5.82. The fraction of sp³-hybridized carbons (Fsp3) is 0.417. The summed E-state index contributed by atoms with van der Waals surface area (Å²) >= 11 is 0. The minimum atomic E-state index is -1.09. The number of hydrogen-bond donors (Lipinski definition) is 2. The van der Waals surface area contributed by atoms with Gasteiger partial charge in [0.1, 0.15) is 11.7 Å². The van der Waals surface area contributed by atoms with Crippen LogP contribution < -0.4 is 4.90 Å². The van der Waals surface area contributed by atoms with E-state index in [9.17, 15) is 20.0 Å². The maximum atomic E-state index is 11.2. The van der Waals surface area contributed by atoms with Crippen LogP contribution in [0.4, 0.5) is 11.4 Å². The van der Waals surface area contributed by atoms with Gasteiger partial charge in [-0.15, -0.1) is 0 Å². The van der Waals surface area contributed by atoms with Crippen molar-refractivity contribution in [3.05, 3.63) is 33.9 Å². The molecule has 2 unspecified atom stereocenters. The smallest absolute Gasteiger partial charge is 0.326 e. The Balaban J connectivity index is 2.51. The van der Waals surface area contributed by atoms with E-state index in [2.05, 4.69) is 0 Å². The quantitative estimate of drug-likeness (QED) is 0.623. The van der Waals surface area contributed by atoms with Crippen molar-refractivity contribution in [2.45, 2.75) is 25.5 Å². The second-order valence-corrected chi connectivity index (χ2v) is 4.60. The molecule has 0 aromatic heterocycles. The van der Waals surface area contributed by atoms with E-state index in [0.717, 1.165) is 0 Å². The number of rotatable bonds is 3. The molecule has 7 nitrogen and oxygen atoms in total. The van der Waals surface area contributed by atoms with Crippen LogP contribution in [0.15, 0.2) is 18.2 Å². The molecule has 0 amide bonds. The lowest BCUT2D eigenvalue weighted by atomic mass is 10.1. The van der Waals surface area contributed by atoms with Crippen molar-refractivity contribution in [3.8, 4) is 0 Å². The van der Waals surface area contributed by atoms with Crippen molar-refractivity contribution in [3.63, 3.8) is 0 Å². The monoisotopic (exact) mass is 266 g/mol. The van der Waals surface area contributed by atoms with Crippen LogP contribution in [0.1, 0.15) is 12.0 Å². The molecule has 0 radical (unpaired) electrons. The summed E-state index contributed by atoms with van der Waals surface area (Å²) in [6.07, 6.45) is -0.721. The minimum absolute atomic E-state index is 0.0703. The highest BCUT2D eigenvalue weighted by Gasteiger charge is 2.39. The highest BCUT2D eigenvalue weighted by atomic mass is 16.6. The van der Waals surface area contributed by atoms with E-state index < -0.39 is 23.0 Å². The van der Waals surface area contributed by atoms with Gasteiger partial charge in [0.2, 0.25) is 0 Å². The molecule has 1 heterocycles. The van der Waals surface area contributed by atoms with Gasteiger partial charge in [0.25, 0.3) is 5.69 Å². The molecule has 1 aliphatic heterocycles. The minimum Gasteiger partial charge on any atom is -0.480 e. The number of β-amino-alcohol motifs (C(OH)–C–C–N with tert-alkyl or cyclic N) is 1. The van der Waals surface area contributed by atoms with Gasteiger partial charge < -0.3 is 15.1 Å². The van der Waals surface area contributed by atoms with E-state index >= 15 is 0 Å². The summed E-state index contributed by atoms with van der Waals surface area (Å²) in [4.78, 5) is 23.1. The summed E-state index contributed by atoms with van der Waals surface area (Å²) in [7, 11) is 0. The predicted octanol–water partition coefficient (Wildman–Crippen LogP) is 0.927. The molecule has 0 spiro atoms. The first kappa shape index (κ1) is 13.3. The van der Waals surface area contributed by atoms with E-state index in [1.165, 1.54) is 11.0 Å². The molecule has 1 fully saturated rings. The van der Waals surface area contributed by atoms with Gasteiger partial charge in [-0.25, -0.2) is 4.79 Å². The third-order valence-electron chi connectivity index (χ3n) is 3.26. The van der Waals surface area contributed by atoms with Gasteiger partial charge in [0, 0.05) is 19.0 Å². The largest absolute Gasteiger partial charge is 0.480 e. The fourth-order valence-corrected chi connectivity index (χ4v) is 2.46. The number of carboxylic acids is 1. The summed E-state index contributed by atoms with van der Waals surface area (Å²) in [6, 6.07) is 3.65. The number of para-hydroxylation sites is 1. The van der Waals surface area contributed by atoms with Crippen LogP contribution in [0.2, 0.25) is 0 Å². The molecule has 2 atom stereocenters. The highest BCUT2D eigenvalue weighted by Crippen LogP contribution is 2.36. The zero-order valence-electron chi connectivity index (χ0n) is 10.3. The molecule has 102 valence electrons. The maximum Gasteiger partial charge on any atom is 0.326 e. The van der Waals surface area contributed by atoms with Gasteiger partial charge in [-0.05, 0) is 12.5 Å². The first-order valence-electron chi connectivity index (χ1n) is 5.83. The van der Waals surface area contributed by atoms with Crippen LogP contribution in [0.5, 0.6) is 0 Å². The Morgan fingerprint density at radius 2 is 2.21 bits per heavy atom. The Morgan fingerprint density at radius 3 is 2.79 bits per heavy atom. The van der Waals surface area contributed by atoms with E-state index in [-0.39, 0.29) is 24.3 Å². The molecule has 19 heavy (non-hydrogen) atoms. The third kappa shape index (κ3) is 2.37. The summed E-state index contributed by atoms with van der Waals surface area (Å²) in [5, 5.41) is 29.8. The van der Waals surface area contributed by atoms with Crippen molar-refractivity contribution >= 4 is 17.3 Å². The van der Waals surface area contributed by atoms with Gasteiger partial charge in [-0.1, -0.05) is 12.1 Å². The number of aliphatic hydroxyl groups is 1. The topological polar surface area (TPSA) is 104 Å². The number of carbonyl (C=O) groups is 1. The lowest BCUT2D eigenvalue weighted by molar-refractivity contribution is -0.384. The van der Waals surface area contributed by atoms with Crippen molar-refractivity contribution < 1.29 is 19.9 Å². The normalized spacial score (nSPS) is 22.5. The molecule has 1 saturated heterocycles. The lowest BCUT2D eigenvalue weighted by Crippen LogP contribution is -2.36. The zero-order chi connectivity index (χ0) is 14.2. The molecule has 1 aliphatic rings. The average Bonchev–Trinajstić information content (AvgIpc) is 2.70. The summed E-state index contributed by atoms with van der Waals surface area (Å²) in [5.74, 6) is -1.09. The number of hydrogen-bond acceptors (Lipinski definition) is 5. The number of nitrogens with zero attached hydrogens (tertiary/aromatic N) is 2. The van der Waals surface area contributed by atoms with E-state index in [0.29, 0.717) is 5.56 Å². The molecule has 0 aliphatic carbocycles. The summed E-state index contributed by atoms with van der Waals surface area (Å²) < 4.78 is 0. The molecule has 2 N–H and O–H groups in total. The average molecular weight is 266 g/mol. The standard InChI is InChI=1S/C12H14N2O5/c1-7-3-2-4-9(14(18)19)11(7)13-6-8(15)5-10(13)12(16)17/h2-4,8,10,15H,5-6H2,1H3,(H,16,17). The second kappa shape index (κ2) is 4.85. The second-order valence-electron chi connectivity index (χ2n) is 4.60. The van der Waals surface area contributed by atoms with Crippen LogP contribution in [0.25, 0.3) is 0 Å². The first-order chi connectivity index (χ1) is 8.91. The zero-order valence-corrected chi connectivity index (χ0v) is 10.3. The number of anilines is 1. The molecule has 1 aromatic rings. The summed E-state index contributed by atoms with van der Waals surface area (Å²) in [6.45, 7) is 1.77. The van der Waals surface area contributed by atoms with Crippen LogP contribution in [0.3, 0.4) is 0 Å². The predicted molar refractivity (Wildman–Crippen MR) is 67.2 cm³/mol.